The van der Waals surface area contributed by atoms with Gasteiger partial charge in [0.1, 0.15) is 16.4 Å². The number of nitrogens with one attached hydrogen (secondary N) is 1. The standard InChI is InChI=1S/C14H17NO4S2/c1-18-12-3-4-14(13(9-12)19-2)21(16,17)15-7-5-11-6-8-20-10-11/h3-4,6,8-10,15H,5,7H2,1-2H3. The monoisotopic (exact) mass is 327 g/mol. The SMILES string of the molecule is COc1ccc(S(=O)(=O)NCCc2ccsc2)c(OC)c1. The number of hydrogen-bond donors (Lipinski definition) is 1. The Labute approximate surface area is 128 Å². The van der Waals surface area contributed by atoms with Crippen molar-refractivity contribution < 1.29 is 17.9 Å². The zero-order valence-electron chi connectivity index (χ0n) is 11.8. The van der Waals surface area contributed by atoms with Crippen LogP contribution in [0.15, 0.2) is 39.9 Å². The number of methoxy groups -OCH3 is 2. The van der Waals surface area contributed by atoms with Gasteiger partial charge in [0.05, 0.1) is 14.2 Å². The highest BCUT2D eigenvalue weighted by Gasteiger charge is 2.19. The Hall–Kier alpha value is -1.57. The third-order valence-corrected chi connectivity index (χ3v) is 5.18. The molecule has 0 unspecified atom stereocenters. The van der Waals surface area contributed by atoms with E-state index >= 15 is 0 Å². The minimum Gasteiger partial charge on any atom is -0.497 e. The molecule has 1 N–H and O–H groups in total. The van der Waals surface area contributed by atoms with Crippen molar-refractivity contribution in [1.29, 1.82) is 0 Å². The number of ether oxygens (including phenoxy) is 2. The number of thiophene rings is 1. The molecule has 0 aliphatic heterocycles. The molecule has 0 fully saturated rings. The summed E-state index contributed by atoms with van der Waals surface area (Å²) in [7, 11) is -0.663. The molecular formula is C14H17NO4S2. The Morgan fingerprint density at radius 3 is 2.62 bits per heavy atom. The maximum atomic E-state index is 12.3. The van der Waals surface area contributed by atoms with Gasteiger partial charge in [0.15, 0.2) is 0 Å². The molecule has 2 aromatic rings. The first-order chi connectivity index (χ1) is 10.1. The molecule has 1 aromatic heterocycles. The molecule has 0 saturated heterocycles. The van der Waals surface area contributed by atoms with Crippen LogP contribution in [0.1, 0.15) is 5.56 Å². The van der Waals surface area contributed by atoms with Crippen molar-refractivity contribution in [2.24, 2.45) is 0 Å². The van der Waals surface area contributed by atoms with Crippen LogP contribution in [0.25, 0.3) is 0 Å². The average molecular weight is 327 g/mol. The molecule has 0 atom stereocenters. The smallest absolute Gasteiger partial charge is 0.244 e. The maximum absolute atomic E-state index is 12.3. The van der Waals surface area contributed by atoms with Crippen molar-refractivity contribution in [1.82, 2.24) is 4.72 Å². The second-order valence-electron chi connectivity index (χ2n) is 4.30. The van der Waals surface area contributed by atoms with Crippen LogP contribution in [-0.2, 0) is 16.4 Å². The highest BCUT2D eigenvalue weighted by atomic mass is 32.2. The predicted octanol–water partition coefficient (Wildman–Crippen LogP) is 2.29. The molecule has 1 heterocycles. The summed E-state index contributed by atoms with van der Waals surface area (Å²) in [5.74, 6) is 0.807. The summed E-state index contributed by atoms with van der Waals surface area (Å²) in [6.07, 6.45) is 0.654. The number of hydrogen-bond acceptors (Lipinski definition) is 5. The lowest BCUT2D eigenvalue weighted by Gasteiger charge is -2.11. The second-order valence-corrected chi connectivity index (χ2v) is 6.81. The van der Waals surface area contributed by atoms with Gasteiger partial charge in [-0.2, -0.15) is 11.3 Å². The maximum Gasteiger partial charge on any atom is 0.244 e. The Kier molecular flexibility index (Phi) is 5.22. The van der Waals surface area contributed by atoms with E-state index in [0.717, 1.165) is 5.56 Å². The summed E-state index contributed by atoms with van der Waals surface area (Å²) in [5.41, 5.74) is 1.12. The van der Waals surface area contributed by atoms with Crippen LogP contribution in [0.2, 0.25) is 0 Å². The molecule has 5 nitrogen and oxygen atoms in total. The van der Waals surface area contributed by atoms with Crippen LogP contribution in [-0.4, -0.2) is 29.2 Å². The van der Waals surface area contributed by atoms with E-state index < -0.39 is 10.0 Å². The van der Waals surface area contributed by atoms with Gasteiger partial charge in [-0.1, -0.05) is 0 Å². The fourth-order valence-corrected chi connectivity index (χ4v) is 3.72. The first-order valence-corrected chi connectivity index (χ1v) is 8.72. The van der Waals surface area contributed by atoms with Crippen LogP contribution in [0, 0.1) is 0 Å². The third-order valence-electron chi connectivity index (χ3n) is 2.95. The molecule has 1 aromatic carbocycles. The average Bonchev–Trinajstić information content (AvgIpc) is 2.99. The van der Waals surface area contributed by atoms with E-state index in [-0.39, 0.29) is 10.6 Å². The van der Waals surface area contributed by atoms with E-state index in [1.807, 2.05) is 16.8 Å². The van der Waals surface area contributed by atoms with Gasteiger partial charge < -0.3 is 9.47 Å². The normalized spacial score (nSPS) is 11.3. The van der Waals surface area contributed by atoms with Crippen molar-refractivity contribution in [2.75, 3.05) is 20.8 Å². The van der Waals surface area contributed by atoms with Gasteiger partial charge in [0.2, 0.25) is 10.0 Å². The van der Waals surface area contributed by atoms with Gasteiger partial charge in [-0.05, 0) is 40.9 Å². The third kappa shape index (κ3) is 3.96. The van der Waals surface area contributed by atoms with Gasteiger partial charge >= 0.3 is 0 Å². The molecule has 7 heteroatoms. The Morgan fingerprint density at radius 1 is 1.19 bits per heavy atom. The van der Waals surface area contributed by atoms with E-state index in [4.69, 9.17) is 9.47 Å². The lowest BCUT2D eigenvalue weighted by atomic mass is 10.2. The summed E-state index contributed by atoms with van der Waals surface area (Å²) in [6.45, 7) is 0.342. The fourth-order valence-electron chi connectivity index (χ4n) is 1.84. The first-order valence-electron chi connectivity index (χ1n) is 6.29. The quantitative estimate of drug-likeness (QED) is 0.847. The summed E-state index contributed by atoms with van der Waals surface area (Å²) in [4.78, 5) is 0.108. The molecular weight excluding hydrogens is 310 g/mol. The van der Waals surface area contributed by atoms with Crippen LogP contribution in [0.5, 0.6) is 11.5 Å². The first kappa shape index (κ1) is 15.8. The zero-order chi connectivity index (χ0) is 15.3. The Balaban J connectivity index is 2.11. The topological polar surface area (TPSA) is 64.6 Å². The largest absolute Gasteiger partial charge is 0.497 e. The van der Waals surface area contributed by atoms with Crippen molar-refractivity contribution >= 4 is 21.4 Å². The Morgan fingerprint density at radius 2 is 2.00 bits per heavy atom. The van der Waals surface area contributed by atoms with E-state index in [2.05, 4.69) is 4.72 Å². The highest BCUT2D eigenvalue weighted by Crippen LogP contribution is 2.28. The molecule has 0 spiro atoms. The molecule has 0 bridgehead atoms. The molecule has 0 radical (unpaired) electrons. The molecule has 114 valence electrons. The number of rotatable bonds is 7. The van der Waals surface area contributed by atoms with Crippen LogP contribution in [0.3, 0.4) is 0 Å². The van der Waals surface area contributed by atoms with E-state index in [9.17, 15) is 8.42 Å². The summed E-state index contributed by atoms with van der Waals surface area (Å²) < 4.78 is 37.4. The van der Waals surface area contributed by atoms with E-state index in [0.29, 0.717) is 18.7 Å². The minimum atomic E-state index is -3.61. The Bertz CT molecular complexity index is 681. The predicted molar refractivity (Wildman–Crippen MR) is 82.8 cm³/mol. The van der Waals surface area contributed by atoms with Crippen molar-refractivity contribution in [2.45, 2.75) is 11.3 Å². The molecule has 0 saturated carbocycles. The van der Waals surface area contributed by atoms with Crippen LogP contribution in [0.4, 0.5) is 0 Å². The van der Waals surface area contributed by atoms with Gasteiger partial charge in [-0.15, -0.1) is 0 Å². The number of benzene rings is 1. The fraction of sp³-hybridized carbons (Fsp3) is 0.286. The van der Waals surface area contributed by atoms with E-state index in [1.165, 1.54) is 20.3 Å². The van der Waals surface area contributed by atoms with Crippen molar-refractivity contribution in [3.05, 3.63) is 40.6 Å². The number of sulfonamides is 1. The van der Waals surface area contributed by atoms with Crippen molar-refractivity contribution in [3.8, 4) is 11.5 Å². The lowest BCUT2D eigenvalue weighted by molar-refractivity contribution is 0.386. The van der Waals surface area contributed by atoms with Crippen molar-refractivity contribution in [3.63, 3.8) is 0 Å². The van der Waals surface area contributed by atoms with Crippen LogP contribution < -0.4 is 14.2 Å². The van der Waals surface area contributed by atoms with Gasteiger partial charge in [0.25, 0.3) is 0 Å². The molecule has 0 amide bonds. The second kappa shape index (κ2) is 6.93. The van der Waals surface area contributed by atoms with Gasteiger partial charge in [-0.3, -0.25) is 0 Å². The van der Waals surface area contributed by atoms with Gasteiger partial charge in [-0.25, -0.2) is 13.1 Å². The summed E-state index contributed by atoms with van der Waals surface area (Å²) >= 11 is 1.59. The van der Waals surface area contributed by atoms with E-state index in [1.54, 1.807) is 23.5 Å². The molecule has 0 aliphatic carbocycles. The zero-order valence-corrected chi connectivity index (χ0v) is 13.5. The minimum absolute atomic E-state index is 0.108. The molecule has 21 heavy (non-hydrogen) atoms. The highest BCUT2D eigenvalue weighted by molar-refractivity contribution is 7.89. The molecule has 2 rings (SSSR count). The van der Waals surface area contributed by atoms with Gasteiger partial charge in [0, 0.05) is 12.6 Å². The summed E-state index contributed by atoms with van der Waals surface area (Å²) in [6, 6.07) is 6.60. The molecule has 0 aliphatic rings. The van der Waals surface area contributed by atoms with Crippen LogP contribution >= 0.6 is 11.3 Å². The summed E-state index contributed by atoms with van der Waals surface area (Å²) in [5, 5.41) is 3.97. The lowest BCUT2D eigenvalue weighted by Crippen LogP contribution is -2.26.